The molecule has 118 valence electrons. The third-order valence-electron chi connectivity index (χ3n) is 4.55. The Kier molecular flexibility index (Phi) is 5.77. The van der Waals surface area contributed by atoms with Gasteiger partial charge in [-0.3, -0.25) is 4.98 Å². The minimum atomic E-state index is 0.485. The van der Waals surface area contributed by atoms with E-state index in [0.29, 0.717) is 11.8 Å². The van der Waals surface area contributed by atoms with Crippen molar-refractivity contribution in [1.82, 2.24) is 9.88 Å². The highest BCUT2D eigenvalue weighted by atomic mass is 16.5. The van der Waals surface area contributed by atoms with Crippen molar-refractivity contribution in [3.8, 4) is 0 Å². The fourth-order valence-electron chi connectivity index (χ4n) is 3.16. The summed E-state index contributed by atoms with van der Waals surface area (Å²) >= 11 is 0. The molecule has 0 spiro atoms. The lowest BCUT2D eigenvalue weighted by molar-refractivity contribution is 0.0594. The summed E-state index contributed by atoms with van der Waals surface area (Å²) in [6.45, 7) is 9.53. The normalized spacial score (nSPS) is 18.4. The molecule has 1 aliphatic rings. The fourth-order valence-corrected chi connectivity index (χ4v) is 3.16. The zero-order valence-electron chi connectivity index (χ0n) is 14.2. The molecule has 0 radical (unpaired) electrons. The number of rotatable bonds is 5. The summed E-state index contributed by atoms with van der Waals surface area (Å²) in [5.74, 6) is 1.78. The third-order valence-corrected chi connectivity index (χ3v) is 4.55. The van der Waals surface area contributed by atoms with Crippen molar-refractivity contribution in [3.05, 3.63) is 29.1 Å². The molecular weight excluding hydrogens is 260 g/mol. The number of pyridine rings is 1. The molecule has 1 fully saturated rings. The van der Waals surface area contributed by atoms with Crippen molar-refractivity contribution in [1.29, 1.82) is 0 Å². The van der Waals surface area contributed by atoms with Gasteiger partial charge in [-0.25, -0.2) is 0 Å². The summed E-state index contributed by atoms with van der Waals surface area (Å²) in [5.41, 5.74) is 3.89. The topological polar surface area (TPSA) is 25.4 Å². The molecule has 0 bridgehead atoms. The van der Waals surface area contributed by atoms with Gasteiger partial charge in [-0.2, -0.15) is 0 Å². The van der Waals surface area contributed by atoms with E-state index in [1.807, 2.05) is 0 Å². The van der Waals surface area contributed by atoms with Gasteiger partial charge in [-0.05, 0) is 56.3 Å². The van der Waals surface area contributed by atoms with Crippen molar-refractivity contribution >= 4 is 0 Å². The molecule has 1 aliphatic heterocycles. The van der Waals surface area contributed by atoms with Gasteiger partial charge < -0.3 is 9.64 Å². The molecule has 0 saturated carbocycles. The Hall–Kier alpha value is -0.930. The molecule has 3 nitrogen and oxygen atoms in total. The van der Waals surface area contributed by atoms with E-state index in [1.54, 1.807) is 0 Å². The van der Waals surface area contributed by atoms with E-state index < -0.39 is 0 Å². The van der Waals surface area contributed by atoms with Crippen molar-refractivity contribution in [2.24, 2.45) is 5.92 Å². The van der Waals surface area contributed by atoms with Crippen LogP contribution in [0.25, 0.3) is 0 Å². The first-order valence-electron chi connectivity index (χ1n) is 8.21. The Labute approximate surface area is 129 Å². The van der Waals surface area contributed by atoms with Crippen LogP contribution in [-0.2, 0) is 11.3 Å². The number of ether oxygens (including phenoxy) is 1. The lowest BCUT2D eigenvalue weighted by Gasteiger charge is -2.29. The Morgan fingerprint density at radius 2 is 1.86 bits per heavy atom. The van der Waals surface area contributed by atoms with Gasteiger partial charge >= 0.3 is 0 Å². The molecule has 2 rings (SSSR count). The standard InChI is InChI=1S/C18H30N2O/c1-13(2)17-7-6-16(18(19-17)12-20(4)5)14(3)15-8-10-21-11-9-15/h6-7,13-15H,8-12H2,1-5H3/t14-/m1/s1. The minimum Gasteiger partial charge on any atom is -0.381 e. The molecule has 21 heavy (non-hydrogen) atoms. The van der Waals surface area contributed by atoms with Crippen LogP contribution in [0, 0.1) is 5.92 Å². The summed E-state index contributed by atoms with van der Waals surface area (Å²) in [7, 11) is 4.24. The molecule has 0 amide bonds. The van der Waals surface area contributed by atoms with E-state index in [2.05, 4.69) is 51.9 Å². The first kappa shape index (κ1) is 16.4. The van der Waals surface area contributed by atoms with E-state index in [0.717, 1.165) is 25.7 Å². The van der Waals surface area contributed by atoms with Crippen molar-refractivity contribution in [2.75, 3.05) is 27.3 Å². The largest absolute Gasteiger partial charge is 0.381 e. The Morgan fingerprint density at radius 1 is 1.19 bits per heavy atom. The second kappa shape index (κ2) is 7.37. The molecule has 1 saturated heterocycles. The molecular formula is C18H30N2O. The SMILES string of the molecule is CC(C)c1ccc([C@H](C)C2CCOCC2)c(CN(C)C)n1. The average Bonchev–Trinajstić information content (AvgIpc) is 2.46. The second-order valence-electron chi connectivity index (χ2n) is 6.90. The van der Waals surface area contributed by atoms with E-state index in [-0.39, 0.29) is 0 Å². The first-order chi connectivity index (χ1) is 9.99. The Balaban J connectivity index is 2.27. The summed E-state index contributed by atoms with van der Waals surface area (Å²) < 4.78 is 5.51. The third kappa shape index (κ3) is 4.27. The monoisotopic (exact) mass is 290 g/mol. The highest BCUT2D eigenvalue weighted by molar-refractivity contribution is 5.28. The molecule has 2 heterocycles. The van der Waals surface area contributed by atoms with Crippen molar-refractivity contribution in [2.45, 2.75) is 52.0 Å². The maximum absolute atomic E-state index is 5.51. The van der Waals surface area contributed by atoms with Crippen LogP contribution in [0.1, 0.15) is 62.4 Å². The molecule has 0 N–H and O–H groups in total. The first-order valence-corrected chi connectivity index (χ1v) is 8.21. The van der Waals surface area contributed by atoms with Crippen LogP contribution in [0.5, 0.6) is 0 Å². The Morgan fingerprint density at radius 3 is 2.43 bits per heavy atom. The summed E-state index contributed by atoms with van der Waals surface area (Å²) in [4.78, 5) is 7.17. The van der Waals surface area contributed by atoms with Gasteiger partial charge in [0, 0.05) is 25.5 Å². The number of aromatic nitrogens is 1. The maximum Gasteiger partial charge on any atom is 0.0581 e. The smallest absolute Gasteiger partial charge is 0.0581 e. The van der Waals surface area contributed by atoms with Crippen LogP contribution in [0.3, 0.4) is 0 Å². The fraction of sp³-hybridized carbons (Fsp3) is 0.722. The maximum atomic E-state index is 5.51. The molecule has 1 atom stereocenters. The van der Waals surface area contributed by atoms with E-state index >= 15 is 0 Å². The highest BCUT2D eigenvalue weighted by Crippen LogP contribution is 2.33. The van der Waals surface area contributed by atoms with Gasteiger partial charge in [-0.15, -0.1) is 0 Å². The van der Waals surface area contributed by atoms with Gasteiger partial charge in [0.1, 0.15) is 0 Å². The molecule has 0 unspecified atom stereocenters. The summed E-state index contributed by atoms with van der Waals surface area (Å²) in [5, 5.41) is 0. The van der Waals surface area contributed by atoms with Crippen LogP contribution >= 0.6 is 0 Å². The van der Waals surface area contributed by atoms with Gasteiger partial charge in [0.05, 0.1) is 5.69 Å². The van der Waals surface area contributed by atoms with Gasteiger partial charge in [-0.1, -0.05) is 26.8 Å². The van der Waals surface area contributed by atoms with E-state index in [4.69, 9.17) is 9.72 Å². The van der Waals surface area contributed by atoms with Crippen LogP contribution in [0.15, 0.2) is 12.1 Å². The van der Waals surface area contributed by atoms with Crippen molar-refractivity contribution in [3.63, 3.8) is 0 Å². The lowest BCUT2D eigenvalue weighted by atomic mass is 9.81. The highest BCUT2D eigenvalue weighted by Gasteiger charge is 2.24. The summed E-state index contributed by atoms with van der Waals surface area (Å²) in [6, 6.07) is 4.54. The van der Waals surface area contributed by atoms with Gasteiger partial charge in [0.2, 0.25) is 0 Å². The zero-order valence-corrected chi connectivity index (χ0v) is 14.2. The average molecular weight is 290 g/mol. The van der Waals surface area contributed by atoms with Gasteiger partial charge in [0.25, 0.3) is 0 Å². The molecule has 3 heteroatoms. The molecule has 0 aromatic carbocycles. The summed E-state index contributed by atoms with van der Waals surface area (Å²) in [6.07, 6.45) is 2.35. The van der Waals surface area contributed by atoms with E-state index in [9.17, 15) is 0 Å². The minimum absolute atomic E-state index is 0.485. The number of hydrogen-bond donors (Lipinski definition) is 0. The lowest BCUT2D eigenvalue weighted by Crippen LogP contribution is -2.23. The van der Waals surface area contributed by atoms with Crippen LogP contribution in [0.4, 0.5) is 0 Å². The van der Waals surface area contributed by atoms with Crippen LogP contribution in [0.2, 0.25) is 0 Å². The predicted molar refractivity (Wildman–Crippen MR) is 87.7 cm³/mol. The number of nitrogens with zero attached hydrogens (tertiary/aromatic N) is 2. The predicted octanol–water partition coefficient (Wildman–Crippen LogP) is 3.80. The van der Waals surface area contributed by atoms with Gasteiger partial charge in [0.15, 0.2) is 0 Å². The second-order valence-corrected chi connectivity index (χ2v) is 6.90. The van der Waals surface area contributed by atoms with Crippen molar-refractivity contribution < 1.29 is 4.74 Å². The molecule has 0 aliphatic carbocycles. The van der Waals surface area contributed by atoms with Crippen LogP contribution in [-0.4, -0.2) is 37.2 Å². The number of hydrogen-bond acceptors (Lipinski definition) is 3. The Bertz CT molecular complexity index is 451. The molecule has 1 aromatic heterocycles. The molecule has 1 aromatic rings. The quantitative estimate of drug-likeness (QED) is 0.825. The van der Waals surface area contributed by atoms with Crippen LogP contribution < -0.4 is 0 Å². The van der Waals surface area contributed by atoms with E-state index in [1.165, 1.54) is 29.8 Å². The zero-order chi connectivity index (χ0) is 15.4.